The molecule has 0 amide bonds. The summed E-state index contributed by atoms with van der Waals surface area (Å²) >= 11 is 0. The summed E-state index contributed by atoms with van der Waals surface area (Å²) in [5, 5.41) is 10.1. The molecule has 6 nitrogen and oxygen atoms in total. The van der Waals surface area contributed by atoms with E-state index < -0.39 is 16.2 Å². The number of rotatable bonds is 1. The average molecular weight is 155 g/mol. The van der Waals surface area contributed by atoms with Gasteiger partial charge >= 0.3 is 11.2 Å². The number of nitrogen functional groups attached to an aromatic ring is 1. The van der Waals surface area contributed by atoms with Crippen molar-refractivity contribution < 1.29 is 4.92 Å². The van der Waals surface area contributed by atoms with Crippen LogP contribution < -0.4 is 11.3 Å². The van der Waals surface area contributed by atoms with Crippen LogP contribution in [0, 0.1) is 10.1 Å². The zero-order valence-electron chi connectivity index (χ0n) is 5.40. The third-order valence-electron chi connectivity index (χ3n) is 1.15. The van der Waals surface area contributed by atoms with Gasteiger partial charge in [0.1, 0.15) is 5.69 Å². The predicted molar refractivity (Wildman–Crippen MR) is 38.1 cm³/mol. The van der Waals surface area contributed by atoms with Gasteiger partial charge in [0.05, 0.1) is 4.92 Å². The Bertz CT molecular complexity index is 343. The number of aromatic nitrogens is 1. The highest BCUT2D eigenvalue weighted by Crippen LogP contribution is 2.12. The smallest absolute Gasteiger partial charge is 0.356 e. The minimum atomic E-state index is -0.811. The molecule has 0 fully saturated rings. The van der Waals surface area contributed by atoms with Gasteiger partial charge in [0.25, 0.3) is 0 Å². The molecule has 1 aromatic rings. The Labute approximate surface area is 60.8 Å². The molecule has 0 unspecified atom stereocenters. The van der Waals surface area contributed by atoms with E-state index in [4.69, 9.17) is 5.73 Å². The second-order valence-electron chi connectivity index (χ2n) is 1.87. The molecule has 1 rings (SSSR count). The Kier molecular flexibility index (Phi) is 1.59. The molecule has 0 aliphatic heterocycles. The molecule has 0 spiro atoms. The predicted octanol–water partition coefficient (Wildman–Crippen LogP) is -0.135. The third-order valence-corrected chi connectivity index (χ3v) is 1.15. The van der Waals surface area contributed by atoms with E-state index in [1.54, 1.807) is 0 Å². The molecular weight excluding hydrogens is 150 g/mol. The van der Waals surface area contributed by atoms with Gasteiger partial charge in [-0.2, -0.15) is 0 Å². The van der Waals surface area contributed by atoms with Crippen molar-refractivity contribution in [2.75, 3.05) is 5.73 Å². The normalized spacial score (nSPS) is 9.45. The number of aromatic amines is 1. The van der Waals surface area contributed by atoms with Crippen molar-refractivity contribution in [3.8, 4) is 0 Å². The van der Waals surface area contributed by atoms with Gasteiger partial charge in [0.15, 0.2) is 0 Å². The quantitative estimate of drug-likeness (QED) is 0.435. The Morgan fingerprint density at radius 1 is 1.64 bits per heavy atom. The van der Waals surface area contributed by atoms with E-state index in [-0.39, 0.29) is 5.69 Å². The summed E-state index contributed by atoms with van der Waals surface area (Å²) in [5.74, 6) is 0. The van der Waals surface area contributed by atoms with Crippen LogP contribution >= 0.6 is 0 Å². The van der Waals surface area contributed by atoms with E-state index >= 15 is 0 Å². The van der Waals surface area contributed by atoms with Gasteiger partial charge in [-0.3, -0.25) is 14.9 Å². The molecule has 58 valence electrons. The van der Waals surface area contributed by atoms with E-state index in [9.17, 15) is 14.9 Å². The van der Waals surface area contributed by atoms with E-state index in [1.807, 2.05) is 0 Å². The second kappa shape index (κ2) is 2.41. The van der Waals surface area contributed by atoms with E-state index in [2.05, 4.69) is 4.98 Å². The van der Waals surface area contributed by atoms with Crippen LogP contribution in [0.15, 0.2) is 17.1 Å². The van der Waals surface area contributed by atoms with E-state index in [1.165, 1.54) is 12.3 Å². The molecule has 11 heavy (non-hydrogen) atoms. The maximum atomic E-state index is 10.7. The molecule has 3 N–H and O–H groups in total. The standard InChI is InChI=1S/C5H5N3O3/c6-3-1-2-7-5(9)4(3)8(10)11/h1-2H,(H3,6,7,9). The molecule has 6 heteroatoms. The molecule has 0 aliphatic rings. The number of nitro groups is 1. The molecule has 0 bridgehead atoms. The molecule has 0 aliphatic carbocycles. The summed E-state index contributed by atoms with van der Waals surface area (Å²) in [6.07, 6.45) is 1.25. The zero-order chi connectivity index (χ0) is 8.43. The lowest BCUT2D eigenvalue weighted by atomic mass is 10.3. The first kappa shape index (κ1) is 7.26. The van der Waals surface area contributed by atoms with Crippen molar-refractivity contribution in [3.05, 3.63) is 32.7 Å². The van der Waals surface area contributed by atoms with Crippen molar-refractivity contribution in [1.82, 2.24) is 4.98 Å². The lowest BCUT2D eigenvalue weighted by Crippen LogP contribution is -2.12. The highest BCUT2D eigenvalue weighted by atomic mass is 16.6. The average Bonchev–Trinajstić information content (AvgIpc) is 1.85. The molecule has 0 radical (unpaired) electrons. The van der Waals surface area contributed by atoms with Crippen LogP contribution in [-0.4, -0.2) is 9.91 Å². The van der Waals surface area contributed by atoms with Gasteiger partial charge in [0.2, 0.25) is 0 Å². The summed E-state index contributed by atoms with van der Waals surface area (Å²) in [6, 6.07) is 1.26. The molecule has 0 aromatic carbocycles. The minimum absolute atomic E-state index is 0.126. The highest BCUT2D eigenvalue weighted by Gasteiger charge is 2.15. The van der Waals surface area contributed by atoms with Gasteiger partial charge in [-0.25, -0.2) is 0 Å². The summed E-state index contributed by atoms with van der Waals surface area (Å²) in [5.41, 5.74) is 3.65. The van der Waals surface area contributed by atoms with Crippen molar-refractivity contribution >= 4 is 11.4 Å². The largest absolute Gasteiger partial charge is 0.393 e. The summed E-state index contributed by atoms with van der Waals surface area (Å²) in [7, 11) is 0. The first-order valence-corrected chi connectivity index (χ1v) is 2.74. The van der Waals surface area contributed by atoms with Crippen LogP contribution in [0.1, 0.15) is 0 Å². The SMILES string of the molecule is Nc1cc[nH]c(=O)c1[N+](=O)[O-]. The zero-order valence-corrected chi connectivity index (χ0v) is 5.40. The first-order valence-electron chi connectivity index (χ1n) is 2.74. The number of nitrogens with one attached hydrogen (secondary N) is 1. The maximum Gasteiger partial charge on any atom is 0.356 e. The number of pyridine rings is 1. The van der Waals surface area contributed by atoms with Gasteiger partial charge in [-0.05, 0) is 6.07 Å². The van der Waals surface area contributed by atoms with E-state index in [0.717, 1.165) is 0 Å². The topological polar surface area (TPSA) is 102 Å². The van der Waals surface area contributed by atoms with Crippen LogP contribution in [0.4, 0.5) is 11.4 Å². The van der Waals surface area contributed by atoms with Crippen LogP contribution in [-0.2, 0) is 0 Å². The fourth-order valence-corrected chi connectivity index (χ4v) is 0.674. The Hall–Kier alpha value is -1.85. The van der Waals surface area contributed by atoms with Crippen LogP contribution in [0.25, 0.3) is 0 Å². The second-order valence-corrected chi connectivity index (χ2v) is 1.87. The Morgan fingerprint density at radius 2 is 2.27 bits per heavy atom. The van der Waals surface area contributed by atoms with Crippen molar-refractivity contribution in [2.24, 2.45) is 0 Å². The summed E-state index contributed by atoms with van der Waals surface area (Å²) in [4.78, 5) is 22.2. The monoisotopic (exact) mass is 155 g/mol. The van der Waals surface area contributed by atoms with Gasteiger partial charge in [0, 0.05) is 6.20 Å². The number of H-pyrrole nitrogens is 1. The number of nitrogens with two attached hydrogens (primary N) is 1. The molecule has 0 saturated heterocycles. The first-order chi connectivity index (χ1) is 5.13. The van der Waals surface area contributed by atoms with Crippen molar-refractivity contribution in [3.63, 3.8) is 0 Å². The van der Waals surface area contributed by atoms with Crippen LogP contribution in [0.2, 0.25) is 0 Å². The van der Waals surface area contributed by atoms with Crippen molar-refractivity contribution in [1.29, 1.82) is 0 Å². The van der Waals surface area contributed by atoms with Crippen LogP contribution in [0.3, 0.4) is 0 Å². The lowest BCUT2D eigenvalue weighted by Gasteiger charge is -1.92. The maximum absolute atomic E-state index is 10.7. The van der Waals surface area contributed by atoms with Gasteiger partial charge in [-0.1, -0.05) is 0 Å². The summed E-state index contributed by atoms with van der Waals surface area (Å²) in [6.45, 7) is 0. The summed E-state index contributed by atoms with van der Waals surface area (Å²) < 4.78 is 0. The van der Waals surface area contributed by atoms with Crippen LogP contribution in [0.5, 0.6) is 0 Å². The minimum Gasteiger partial charge on any atom is -0.393 e. The fraction of sp³-hybridized carbons (Fsp3) is 0. The Balaban J connectivity index is 3.45. The third kappa shape index (κ3) is 1.18. The molecule has 0 atom stereocenters. The van der Waals surface area contributed by atoms with E-state index in [0.29, 0.717) is 0 Å². The lowest BCUT2D eigenvalue weighted by molar-refractivity contribution is -0.385. The highest BCUT2D eigenvalue weighted by molar-refractivity contribution is 5.55. The van der Waals surface area contributed by atoms with Crippen molar-refractivity contribution in [2.45, 2.75) is 0 Å². The molecule has 1 heterocycles. The number of hydrogen-bond donors (Lipinski definition) is 2. The Morgan fingerprint density at radius 3 is 2.64 bits per heavy atom. The van der Waals surface area contributed by atoms with Gasteiger partial charge < -0.3 is 10.7 Å². The number of nitrogens with zero attached hydrogens (tertiary/aromatic N) is 1. The molecule has 1 aromatic heterocycles. The fourth-order valence-electron chi connectivity index (χ4n) is 0.674. The molecule has 0 saturated carbocycles. The van der Waals surface area contributed by atoms with Gasteiger partial charge in [-0.15, -0.1) is 0 Å². The number of anilines is 1. The number of hydrogen-bond acceptors (Lipinski definition) is 4. The molecular formula is C5H5N3O3.